The monoisotopic (exact) mass is 334 g/mol. The van der Waals surface area contributed by atoms with Crippen LogP contribution in [0.15, 0.2) is 48.7 Å². The van der Waals surface area contributed by atoms with Crippen LogP contribution in [0.5, 0.6) is 0 Å². The molecule has 0 unspecified atom stereocenters. The predicted molar refractivity (Wildman–Crippen MR) is 102 cm³/mol. The first kappa shape index (κ1) is 17.4. The van der Waals surface area contributed by atoms with Crippen molar-refractivity contribution < 1.29 is 0 Å². The maximum absolute atomic E-state index is 8.87. The minimum atomic E-state index is 0.451. The molecule has 2 atom stereocenters. The van der Waals surface area contributed by atoms with E-state index in [-0.39, 0.29) is 0 Å². The van der Waals surface area contributed by atoms with Gasteiger partial charge in [0.15, 0.2) is 0 Å². The van der Waals surface area contributed by atoms with Crippen LogP contribution in [0, 0.1) is 11.3 Å². The smallest absolute Gasteiger partial charge is 0.128 e. The van der Waals surface area contributed by atoms with Crippen LogP contribution in [-0.2, 0) is 0 Å². The molecule has 0 bridgehead atoms. The first-order chi connectivity index (χ1) is 12.2. The van der Waals surface area contributed by atoms with Crippen LogP contribution in [0.1, 0.15) is 43.7 Å². The fourth-order valence-electron chi connectivity index (χ4n) is 3.48. The SMILES string of the molecule is C[C@H](NC1CCN(c2ccc(C#N)cn2)CC1)[C@H](C)c1ccccc1. The average Bonchev–Trinajstić information content (AvgIpc) is 2.68. The number of aromatic nitrogens is 1. The van der Waals surface area contributed by atoms with Crippen LogP contribution in [0.3, 0.4) is 0 Å². The lowest BCUT2D eigenvalue weighted by molar-refractivity contribution is 0.354. The number of benzene rings is 1. The third-order valence-corrected chi connectivity index (χ3v) is 5.27. The summed E-state index contributed by atoms with van der Waals surface area (Å²) in [6.45, 7) is 6.58. The molecule has 2 heterocycles. The summed E-state index contributed by atoms with van der Waals surface area (Å²) in [5.74, 6) is 1.47. The topological polar surface area (TPSA) is 52.0 Å². The van der Waals surface area contributed by atoms with Crippen molar-refractivity contribution >= 4 is 5.82 Å². The molecule has 1 aliphatic heterocycles. The Labute approximate surface area is 150 Å². The molecule has 1 N–H and O–H groups in total. The number of nitrogens with zero attached hydrogens (tertiary/aromatic N) is 3. The molecule has 0 aliphatic carbocycles. The van der Waals surface area contributed by atoms with Gasteiger partial charge in [-0.3, -0.25) is 0 Å². The fraction of sp³-hybridized carbons (Fsp3) is 0.429. The number of hydrogen-bond acceptors (Lipinski definition) is 4. The number of nitrogens with one attached hydrogen (secondary N) is 1. The number of piperidine rings is 1. The van der Waals surface area contributed by atoms with E-state index in [0.717, 1.165) is 31.7 Å². The number of rotatable bonds is 5. The normalized spacial score (nSPS) is 17.7. The zero-order valence-electron chi connectivity index (χ0n) is 15.0. The second-order valence-electron chi connectivity index (χ2n) is 6.93. The summed E-state index contributed by atoms with van der Waals surface area (Å²) in [5.41, 5.74) is 2.01. The lowest BCUT2D eigenvalue weighted by atomic mass is 9.93. The van der Waals surface area contributed by atoms with Crippen molar-refractivity contribution in [3.05, 3.63) is 59.8 Å². The van der Waals surface area contributed by atoms with Crippen LogP contribution in [0.4, 0.5) is 5.82 Å². The lowest BCUT2D eigenvalue weighted by Crippen LogP contribution is -2.47. The minimum Gasteiger partial charge on any atom is -0.357 e. The first-order valence-corrected chi connectivity index (χ1v) is 9.09. The molecule has 1 aromatic carbocycles. The van der Waals surface area contributed by atoms with E-state index in [0.29, 0.717) is 23.6 Å². The second kappa shape index (κ2) is 8.13. The van der Waals surface area contributed by atoms with Crippen molar-refractivity contribution in [2.75, 3.05) is 18.0 Å². The summed E-state index contributed by atoms with van der Waals surface area (Å²) >= 11 is 0. The molecule has 2 aromatic rings. The highest BCUT2D eigenvalue weighted by molar-refractivity contribution is 5.42. The summed E-state index contributed by atoms with van der Waals surface area (Å²) < 4.78 is 0. The Kier molecular flexibility index (Phi) is 5.67. The van der Waals surface area contributed by atoms with Crippen LogP contribution >= 0.6 is 0 Å². The van der Waals surface area contributed by atoms with Crippen LogP contribution in [0.2, 0.25) is 0 Å². The maximum atomic E-state index is 8.87. The van der Waals surface area contributed by atoms with Crippen LogP contribution in [0.25, 0.3) is 0 Å². The highest BCUT2D eigenvalue weighted by atomic mass is 15.2. The summed E-state index contributed by atoms with van der Waals surface area (Å²) in [5, 5.41) is 12.7. The van der Waals surface area contributed by atoms with E-state index in [4.69, 9.17) is 5.26 Å². The van der Waals surface area contributed by atoms with E-state index in [9.17, 15) is 0 Å². The molecule has 4 heteroatoms. The van der Waals surface area contributed by atoms with Gasteiger partial charge < -0.3 is 10.2 Å². The van der Waals surface area contributed by atoms with Gasteiger partial charge in [0.05, 0.1) is 5.56 Å². The van der Waals surface area contributed by atoms with Crippen LogP contribution in [-0.4, -0.2) is 30.2 Å². The summed E-state index contributed by atoms with van der Waals surface area (Å²) in [4.78, 5) is 6.72. The van der Waals surface area contributed by atoms with Crippen molar-refractivity contribution in [1.82, 2.24) is 10.3 Å². The largest absolute Gasteiger partial charge is 0.357 e. The van der Waals surface area contributed by atoms with E-state index >= 15 is 0 Å². The fourth-order valence-corrected chi connectivity index (χ4v) is 3.48. The molecule has 25 heavy (non-hydrogen) atoms. The number of hydrogen-bond donors (Lipinski definition) is 1. The van der Waals surface area contributed by atoms with Gasteiger partial charge in [0.2, 0.25) is 0 Å². The molecule has 1 aromatic heterocycles. The van der Waals surface area contributed by atoms with Crippen molar-refractivity contribution in [2.24, 2.45) is 0 Å². The molecular formula is C21H26N4. The quantitative estimate of drug-likeness (QED) is 0.906. The summed E-state index contributed by atoms with van der Waals surface area (Å²) in [6, 6.07) is 17.6. The Hall–Kier alpha value is -2.38. The molecular weight excluding hydrogens is 308 g/mol. The molecule has 1 fully saturated rings. The first-order valence-electron chi connectivity index (χ1n) is 9.09. The third kappa shape index (κ3) is 4.37. The molecule has 0 spiro atoms. The zero-order chi connectivity index (χ0) is 17.6. The van der Waals surface area contributed by atoms with Gasteiger partial charge >= 0.3 is 0 Å². The molecule has 1 aliphatic rings. The Balaban J connectivity index is 1.51. The Morgan fingerprint density at radius 2 is 1.84 bits per heavy atom. The average molecular weight is 334 g/mol. The van der Waals surface area contributed by atoms with E-state index in [1.165, 1.54) is 5.56 Å². The zero-order valence-corrected chi connectivity index (χ0v) is 15.0. The van der Waals surface area contributed by atoms with Gasteiger partial charge in [-0.1, -0.05) is 37.3 Å². The lowest BCUT2D eigenvalue weighted by Gasteiger charge is -2.35. The van der Waals surface area contributed by atoms with Crippen molar-refractivity contribution in [1.29, 1.82) is 5.26 Å². The Morgan fingerprint density at radius 3 is 2.44 bits per heavy atom. The van der Waals surface area contributed by atoms with Gasteiger partial charge in [-0.2, -0.15) is 5.26 Å². The molecule has 0 radical (unpaired) electrons. The molecule has 4 nitrogen and oxygen atoms in total. The van der Waals surface area contributed by atoms with Gasteiger partial charge in [0, 0.05) is 31.4 Å². The van der Waals surface area contributed by atoms with Crippen molar-refractivity contribution in [3.8, 4) is 6.07 Å². The highest BCUT2D eigenvalue weighted by Crippen LogP contribution is 2.22. The van der Waals surface area contributed by atoms with E-state index in [2.05, 4.69) is 65.4 Å². The minimum absolute atomic E-state index is 0.451. The molecule has 3 rings (SSSR count). The summed E-state index contributed by atoms with van der Waals surface area (Å²) in [7, 11) is 0. The van der Waals surface area contributed by atoms with Gasteiger partial charge in [-0.25, -0.2) is 4.98 Å². The standard InChI is InChI=1S/C21H26N4/c1-16(19-6-4-3-5-7-19)17(2)24-20-10-12-25(13-11-20)21-9-8-18(14-22)15-23-21/h3-9,15-17,20,24H,10-13H2,1-2H3/t16-,17-/m0/s1. The number of nitriles is 1. The number of pyridine rings is 1. The number of anilines is 1. The van der Waals surface area contributed by atoms with Gasteiger partial charge in [0.1, 0.15) is 11.9 Å². The third-order valence-electron chi connectivity index (χ3n) is 5.27. The van der Waals surface area contributed by atoms with Gasteiger partial charge in [0.25, 0.3) is 0 Å². The highest BCUT2D eigenvalue weighted by Gasteiger charge is 2.23. The molecule has 0 amide bonds. The van der Waals surface area contributed by atoms with Gasteiger partial charge in [-0.15, -0.1) is 0 Å². The summed E-state index contributed by atoms with van der Waals surface area (Å²) in [6.07, 6.45) is 3.89. The van der Waals surface area contributed by atoms with E-state index in [1.54, 1.807) is 6.20 Å². The maximum Gasteiger partial charge on any atom is 0.128 e. The Bertz CT molecular complexity index is 697. The predicted octanol–water partition coefficient (Wildman–Crippen LogP) is 3.70. The van der Waals surface area contributed by atoms with Gasteiger partial charge in [-0.05, 0) is 43.4 Å². The second-order valence-corrected chi connectivity index (χ2v) is 6.93. The van der Waals surface area contributed by atoms with E-state index < -0.39 is 0 Å². The molecule has 130 valence electrons. The van der Waals surface area contributed by atoms with Crippen molar-refractivity contribution in [3.63, 3.8) is 0 Å². The van der Waals surface area contributed by atoms with E-state index in [1.807, 2.05) is 12.1 Å². The van der Waals surface area contributed by atoms with Crippen molar-refractivity contribution in [2.45, 2.75) is 44.7 Å². The Morgan fingerprint density at radius 1 is 1.12 bits per heavy atom. The molecule has 1 saturated heterocycles. The molecule has 0 saturated carbocycles. The van der Waals surface area contributed by atoms with Crippen LogP contribution < -0.4 is 10.2 Å².